The van der Waals surface area contributed by atoms with E-state index in [4.69, 9.17) is 0 Å². The second-order valence-corrected chi connectivity index (χ2v) is 10.3. The van der Waals surface area contributed by atoms with Gasteiger partial charge in [0, 0.05) is 31.1 Å². The zero-order valence-electron chi connectivity index (χ0n) is 13.9. The molecule has 0 aliphatic heterocycles. The van der Waals surface area contributed by atoms with Gasteiger partial charge in [0.05, 0.1) is 0 Å². The molecule has 21 heavy (non-hydrogen) atoms. The third kappa shape index (κ3) is 6.06. The summed E-state index contributed by atoms with van der Waals surface area (Å²) in [4.78, 5) is 1.10. The van der Waals surface area contributed by atoms with Gasteiger partial charge in [0.15, 0.2) is 0 Å². The summed E-state index contributed by atoms with van der Waals surface area (Å²) in [5, 5.41) is 3.34. The van der Waals surface area contributed by atoms with E-state index < -0.39 is 10.0 Å². The van der Waals surface area contributed by atoms with Crippen molar-refractivity contribution in [2.24, 2.45) is 5.41 Å². The van der Waals surface area contributed by atoms with Crippen molar-refractivity contribution in [1.82, 2.24) is 9.62 Å². The molecule has 0 aliphatic carbocycles. The first-order chi connectivity index (χ1) is 9.52. The van der Waals surface area contributed by atoms with Crippen molar-refractivity contribution in [3.05, 3.63) is 17.0 Å². The van der Waals surface area contributed by atoms with Crippen molar-refractivity contribution in [2.75, 3.05) is 20.1 Å². The predicted molar refractivity (Wildman–Crippen MR) is 90.4 cm³/mol. The second-order valence-electron chi connectivity index (χ2n) is 6.90. The van der Waals surface area contributed by atoms with Crippen LogP contribution in [0.15, 0.2) is 16.3 Å². The molecule has 0 amide bonds. The molecule has 0 atom stereocenters. The van der Waals surface area contributed by atoms with E-state index in [1.165, 1.54) is 15.6 Å². The van der Waals surface area contributed by atoms with Gasteiger partial charge in [-0.15, -0.1) is 11.3 Å². The lowest BCUT2D eigenvalue weighted by atomic mass is 9.97. The number of thiophene rings is 1. The van der Waals surface area contributed by atoms with Crippen molar-refractivity contribution < 1.29 is 8.42 Å². The molecule has 1 aromatic rings. The maximum absolute atomic E-state index is 12.5. The smallest absolute Gasteiger partial charge is 0.252 e. The Bertz CT molecular complexity index is 542. The molecule has 1 aromatic heterocycles. The van der Waals surface area contributed by atoms with Crippen LogP contribution in [0.2, 0.25) is 0 Å². The monoisotopic (exact) mass is 332 g/mol. The van der Waals surface area contributed by atoms with Gasteiger partial charge in [-0.1, -0.05) is 34.6 Å². The van der Waals surface area contributed by atoms with Crippen LogP contribution in [0.3, 0.4) is 0 Å². The van der Waals surface area contributed by atoms with Crippen LogP contribution < -0.4 is 5.32 Å². The summed E-state index contributed by atoms with van der Waals surface area (Å²) in [5.41, 5.74) is -0.0525. The standard InChI is InChI=1S/C15H28N2O2S2/c1-12(2)16-10-9-13-7-8-14(20-13)21(18,19)17(6)11-15(3,4)5/h7-8,12,16H,9-11H2,1-6H3. The van der Waals surface area contributed by atoms with Crippen LogP contribution in [-0.4, -0.2) is 38.9 Å². The number of hydrogen-bond acceptors (Lipinski definition) is 4. The molecule has 0 unspecified atom stereocenters. The topological polar surface area (TPSA) is 49.4 Å². The van der Waals surface area contributed by atoms with Crippen LogP contribution in [0, 0.1) is 5.41 Å². The molecular formula is C15H28N2O2S2. The maximum atomic E-state index is 12.5. The van der Waals surface area contributed by atoms with E-state index in [9.17, 15) is 8.42 Å². The lowest BCUT2D eigenvalue weighted by Gasteiger charge is -2.25. The highest BCUT2D eigenvalue weighted by Crippen LogP contribution is 2.26. The van der Waals surface area contributed by atoms with Gasteiger partial charge in [0.1, 0.15) is 4.21 Å². The van der Waals surface area contributed by atoms with Gasteiger partial charge in [0.2, 0.25) is 0 Å². The van der Waals surface area contributed by atoms with Gasteiger partial charge in [-0.3, -0.25) is 0 Å². The summed E-state index contributed by atoms with van der Waals surface area (Å²) in [5.74, 6) is 0. The minimum Gasteiger partial charge on any atom is -0.314 e. The van der Waals surface area contributed by atoms with Crippen LogP contribution in [0.4, 0.5) is 0 Å². The highest BCUT2D eigenvalue weighted by molar-refractivity contribution is 7.91. The second kappa shape index (κ2) is 7.22. The normalized spacial score (nSPS) is 13.3. The maximum Gasteiger partial charge on any atom is 0.252 e. The van der Waals surface area contributed by atoms with E-state index in [0.29, 0.717) is 16.8 Å². The van der Waals surface area contributed by atoms with Gasteiger partial charge in [-0.2, -0.15) is 4.31 Å². The summed E-state index contributed by atoms with van der Waals surface area (Å²) < 4.78 is 26.9. The number of nitrogens with one attached hydrogen (secondary N) is 1. The quantitative estimate of drug-likeness (QED) is 0.835. The van der Waals surface area contributed by atoms with E-state index in [-0.39, 0.29) is 5.41 Å². The fourth-order valence-electron chi connectivity index (χ4n) is 2.02. The first-order valence-electron chi connectivity index (χ1n) is 7.31. The first kappa shape index (κ1) is 18.6. The minimum atomic E-state index is -3.36. The average Bonchev–Trinajstić information content (AvgIpc) is 2.75. The molecule has 0 saturated carbocycles. The Balaban J connectivity index is 2.74. The fraction of sp³-hybridized carbons (Fsp3) is 0.733. The Labute approximate surface area is 133 Å². The summed E-state index contributed by atoms with van der Waals surface area (Å²) in [7, 11) is -1.71. The Morgan fingerprint density at radius 1 is 1.29 bits per heavy atom. The van der Waals surface area contributed by atoms with Crippen molar-refractivity contribution >= 4 is 21.4 Å². The SMILES string of the molecule is CC(C)NCCc1ccc(S(=O)(=O)N(C)CC(C)(C)C)s1. The third-order valence-corrected chi connectivity index (χ3v) is 6.34. The molecule has 0 radical (unpaired) electrons. The molecule has 0 spiro atoms. The van der Waals surface area contributed by atoms with Gasteiger partial charge in [-0.25, -0.2) is 8.42 Å². The Hall–Kier alpha value is -0.430. The summed E-state index contributed by atoms with van der Waals surface area (Å²) in [6, 6.07) is 4.10. The molecule has 0 fully saturated rings. The van der Waals surface area contributed by atoms with Crippen LogP contribution >= 0.6 is 11.3 Å². The van der Waals surface area contributed by atoms with E-state index >= 15 is 0 Å². The molecule has 6 heteroatoms. The number of rotatable bonds is 7. The van der Waals surface area contributed by atoms with Gasteiger partial charge >= 0.3 is 0 Å². The van der Waals surface area contributed by atoms with Gasteiger partial charge in [-0.05, 0) is 24.0 Å². The zero-order valence-corrected chi connectivity index (χ0v) is 15.6. The van der Waals surface area contributed by atoms with Crippen molar-refractivity contribution in [1.29, 1.82) is 0 Å². The molecule has 4 nitrogen and oxygen atoms in total. The minimum absolute atomic E-state index is 0.0525. The van der Waals surface area contributed by atoms with Crippen molar-refractivity contribution in [2.45, 2.75) is 51.3 Å². The number of hydrogen-bond donors (Lipinski definition) is 1. The lowest BCUT2D eigenvalue weighted by molar-refractivity contribution is 0.311. The van der Waals surface area contributed by atoms with Crippen LogP contribution in [-0.2, 0) is 16.4 Å². The summed E-state index contributed by atoms with van der Waals surface area (Å²) in [6.45, 7) is 11.7. The van der Waals surface area contributed by atoms with Crippen LogP contribution in [0.25, 0.3) is 0 Å². The zero-order chi connectivity index (χ0) is 16.3. The lowest BCUT2D eigenvalue weighted by Crippen LogP contribution is -2.34. The summed E-state index contributed by atoms with van der Waals surface area (Å²) >= 11 is 1.38. The fourth-order valence-corrected chi connectivity index (χ4v) is 4.99. The van der Waals surface area contributed by atoms with Crippen LogP contribution in [0.5, 0.6) is 0 Å². The molecule has 0 aliphatic rings. The molecular weight excluding hydrogens is 304 g/mol. The molecule has 1 rings (SSSR count). The van der Waals surface area contributed by atoms with E-state index in [2.05, 4.69) is 19.2 Å². The Kier molecular flexibility index (Phi) is 6.40. The summed E-state index contributed by atoms with van der Waals surface area (Å²) in [6.07, 6.45) is 0.862. The molecule has 1 heterocycles. The highest BCUT2D eigenvalue weighted by Gasteiger charge is 2.26. The predicted octanol–water partition coefficient (Wildman–Crippen LogP) is 2.96. The first-order valence-corrected chi connectivity index (χ1v) is 9.56. The Morgan fingerprint density at radius 2 is 1.90 bits per heavy atom. The van der Waals surface area contributed by atoms with Gasteiger partial charge in [0.25, 0.3) is 10.0 Å². The van der Waals surface area contributed by atoms with E-state index in [0.717, 1.165) is 17.8 Å². The number of nitrogens with zero attached hydrogens (tertiary/aromatic N) is 1. The number of sulfonamides is 1. The Morgan fingerprint density at radius 3 is 2.43 bits per heavy atom. The third-order valence-electron chi connectivity index (χ3n) is 2.92. The van der Waals surface area contributed by atoms with Crippen molar-refractivity contribution in [3.63, 3.8) is 0 Å². The van der Waals surface area contributed by atoms with Crippen molar-refractivity contribution in [3.8, 4) is 0 Å². The van der Waals surface area contributed by atoms with E-state index in [1.807, 2.05) is 26.8 Å². The van der Waals surface area contributed by atoms with E-state index in [1.54, 1.807) is 13.1 Å². The molecule has 0 bridgehead atoms. The largest absolute Gasteiger partial charge is 0.314 e. The molecule has 1 N–H and O–H groups in total. The molecule has 0 saturated heterocycles. The van der Waals surface area contributed by atoms with Gasteiger partial charge < -0.3 is 5.32 Å². The van der Waals surface area contributed by atoms with Crippen LogP contribution in [0.1, 0.15) is 39.5 Å². The highest BCUT2D eigenvalue weighted by atomic mass is 32.2. The molecule has 0 aromatic carbocycles. The average molecular weight is 333 g/mol. The molecule has 122 valence electrons.